The van der Waals surface area contributed by atoms with E-state index < -0.39 is 0 Å². The predicted octanol–water partition coefficient (Wildman–Crippen LogP) is 5.64. The third-order valence-electron chi connectivity index (χ3n) is 3.61. The molecule has 1 atom stereocenters. The summed E-state index contributed by atoms with van der Waals surface area (Å²) in [5.74, 6) is -0.0652. The number of alkyl halides is 1. The van der Waals surface area contributed by atoms with Crippen molar-refractivity contribution in [2.24, 2.45) is 0 Å². The minimum absolute atomic E-state index is 0.0652. The van der Waals surface area contributed by atoms with Gasteiger partial charge in [-0.1, -0.05) is 51.9 Å². The van der Waals surface area contributed by atoms with Gasteiger partial charge < -0.3 is 9.47 Å². The van der Waals surface area contributed by atoms with Crippen LogP contribution in [0.15, 0.2) is 0 Å². The molecule has 0 fully saturated rings. The second-order valence-electron chi connectivity index (χ2n) is 5.67. The quantitative estimate of drug-likeness (QED) is 0.151. The van der Waals surface area contributed by atoms with Crippen LogP contribution in [0.5, 0.6) is 0 Å². The Morgan fingerprint density at radius 1 is 1.00 bits per heavy atom. The highest BCUT2D eigenvalue weighted by Crippen LogP contribution is 2.10. The van der Waals surface area contributed by atoms with E-state index in [1.54, 1.807) is 0 Å². The third kappa shape index (κ3) is 16.4. The van der Waals surface area contributed by atoms with Crippen LogP contribution in [0, 0.1) is 0 Å². The van der Waals surface area contributed by atoms with Crippen LogP contribution in [0.3, 0.4) is 0 Å². The van der Waals surface area contributed by atoms with E-state index in [0.717, 1.165) is 25.9 Å². The molecule has 21 heavy (non-hydrogen) atoms. The zero-order chi connectivity index (χ0) is 15.8. The maximum Gasteiger partial charge on any atom is 0.306 e. The Kier molecular flexibility index (Phi) is 16.7. The first-order valence-electron chi connectivity index (χ1n) is 8.53. The van der Waals surface area contributed by atoms with Gasteiger partial charge in [0.05, 0.1) is 6.10 Å². The fourth-order valence-electron chi connectivity index (χ4n) is 2.26. The Labute approximate surface area is 144 Å². The van der Waals surface area contributed by atoms with Crippen LogP contribution < -0.4 is 0 Å². The lowest BCUT2D eigenvalue weighted by molar-refractivity contribution is -0.141. The van der Waals surface area contributed by atoms with Crippen molar-refractivity contribution in [3.05, 3.63) is 0 Å². The second kappa shape index (κ2) is 16.5. The molecule has 0 aliphatic rings. The van der Waals surface area contributed by atoms with E-state index in [1.165, 1.54) is 44.9 Å². The second-order valence-corrected chi connectivity index (χ2v) is 6.30. The maximum absolute atomic E-state index is 11.1. The van der Waals surface area contributed by atoms with Crippen molar-refractivity contribution >= 4 is 28.6 Å². The fourth-order valence-corrected chi connectivity index (χ4v) is 2.61. The summed E-state index contributed by atoms with van der Waals surface area (Å²) in [5, 5.41) is 0. The fraction of sp³-hybridized carbons (Fsp3) is 0.941. The minimum Gasteiger partial charge on any atom is -0.455 e. The summed E-state index contributed by atoms with van der Waals surface area (Å²) in [4.78, 5) is 11.1. The molecule has 0 heterocycles. The molecule has 0 aromatic rings. The number of ether oxygens (including phenoxy) is 2. The first-order chi connectivity index (χ1) is 10.2. The largest absolute Gasteiger partial charge is 0.455 e. The van der Waals surface area contributed by atoms with Gasteiger partial charge in [-0.3, -0.25) is 4.79 Å². The van der Waals surface area contributed by atoms with E-state index in [9.17, 15) is 4.79 Å². The third-order valence-corrected chi connectivity index (χ3v) is 3.92. The lowest BCUT2D eigenvalue weighted by atomic mass is 10.1. The zero-order valence-corrected chi connectivity index (χ0v) is 16.0. The molecule has 0 rings (SSSR count). The summed E-state index contributed by atoms with van der Waals surface area (Å²) < 4.78 is 11.2. The van der Waals surface area contributed by atoms with Crippen LogP contribution in [0.25, 0.3) is 0 Å². The molecule has 0 aliphatic carbocycles. The van der Waals surface area contributed by atoms with Gasteiger partial charge in [-0.25, -0.2) is 0 Å². The van der Waals surface area contributed by atoms with Crippen LogP contribution in [-0.2, 0) is 14.3 Å². The monoisotopic (exact) mass is 412 g/mol. The molecule has 0 aromatic heterocycles. The molecular formula is C17H33IO3. The number of carbonyl (C=O) groups is 1. The van der Waals surface area contributed by atoms with Gasteiger partial charge in [-0.15, -0.1) is 0 Å². The van der Waals surface area contributed by atoms with Gasteiger partial charge in [0.15, 0.2) is 0 Å². The van der Waals surface area contributed by atoms with Crippen molar-refractivity contribution in [3.63, 3.8) is 0 Å². The molecule has 0 saturated carbocycles. The van der Waals surface area contributed by atoms with Gasteiger partial charge in [-0.2, -0.15) is 0 Å². The SMILES string of the molecule is CCCCCC[C@H](C)OCCCCCCCC(=O)OCI. The van der Waals surface area contributed by atoms with Gasteiger partial charge in [0.1, 0.15) is 4.61 Å². The van der Waals surface area contributed by atoms with E-state index in [0.29, 0.717) is 17.1 Å². The average molecular weight is 412 g/mol. The lowest BCUT2D eigenvalue weighted by Gasteiger charge is -2.12. The summed E-state index contributed by atoms with van der Waals surface area (Å²) in [7, 11) is 0. The summed E-state index contributed by atoms with van der Waals surface area (Å²) in [6.07, 6.45) is 13.0. The molecule has 0 aromatic carbocycles. The number of unbranched alkanes of at least 4 members (excludes halogenated alkanes) is 7. The first kappa shape index (κ1) is 21.2. The zero-order valence-electron chi connectivity index (χ0n) is 13.9. The number of rotatable bonds is 15. The van der Waals surface area contributed by atoms with Crippen LogP contribution in [0.4, 0.5) is 0 Å². The van der Waals surface area contributed by atoms with E-state index in [1.807, 2.05) is 22.6 Å². The van der Waals surface area contributed by atoms with Gasteiger partial charge in [0, 0.05) is 13.0 Å². The molecule has 0 saturated heterocycles. The van der Waals surface area contributed by atoms with Gasteiger partial charge >= 0.3 is 5.97 Å². The van der Waals surface area contributed by atoms with E-state index in [-0.39, 0.29) is 5.97 Å². The van der Waals surface area contributed by atoms with Gasteiger partial charge in [0.25, 0.3) is 0 Å². The van der Waals surface area contributed by atoms with Gasteiger partial charge in [-0.05, 0) is 48.8 Å². The molecule has 3 nitrogen and oxygen atoms in total. The average Bonchev–Trinajstić information content (AvgIpc) is 2.46. The molecule has 0 aliphatic heterocycles. The van der Waals surface area contributed by atoms with Crippen molar-refractivity contribution in [3.8, 4) is 0 Å². The Hall–Kier alpha value is 0.160. The number of carbonyl (C=O) groups excluding carboxylic acids is 1. The molecule has 4 heteroatoms. The van der Waals surface area contributed by atoms with Crippen molar-refractivity contribution < 1.29 is 14.3 Å². The predicted molar refractivity (Wildman–Crippen MR) is 96.9 cm³/mol. The molecule has 0 amide bonds. The molecule has 0 N–H and O–H groups in total. The summed E-state index contributed by atoms with van der Waals surface area (Å²) in [6.45, 7) is 5.31. The normalized spacial score (nSPS) is 12.3. The van der Waals surface area contributed by atoms with E-state index in [4.69, 9.17) is 9.47 Å². The number of esters is 1. The van der Waals surface area contributed by atoms with Crippen molar-refractivity contribution in [1.29, 1.82) is 0 Å². The molecule has 0 spiro atoms. The van der Waals surface area contributed by atoms with Crippen LogP contribution in [0.2, 0.25) is 0 Å². The van der Waals surface area contributed by atoms with Crippen molar-refractivity contribution in [2.75, 3.05) is 11.2 Å². The van der Waals surface area contributed by atoms with Crippen LogP contribution >= 0.6 is 22.6 Å². The minimum atomic E-state index is -0.0652. The highest BCUT2D eigenvalue weighted by Gasteiger charge is 2.03. The van der Waals surface area contributed by atoms with Crippen molar-refractivity contribution in [1.82, 2.24) is 0 Å². The first-order valence-corrected chi connectivity index (χ1v) is 10.1. The van der Waals surface area contributed by atoms with Crippen LogP contribution in [0.1, 0.15) is 84.5 Å². The van der Waals surface area contributed by atoms with Gasteiger partial charge in [0.2, 0.25) is 0 Å². The molecule has 126 valence electrons. The molecule has 0 unspecified atom stereocenters. The molecule has 0 bridgehead atoms. The molecule has 0 radical (unpaired) electrons. The van der Waals surface area contributed by atoms with Crippen molar-refractivity contribution in [2.45, 2.75) is 90.6 Å². The number of halogens is 1. The highest BCUT2D eigenvalue weighted by molar-refractivity contribution is 14.1. The Morgan fingerprint density at radius 3 is 2.38 bits per heavy atom. The van der Waals surface area contributed by atoms with Crippen LogP contribution in [-0.4, -0.2) is 23.3 Å². The standard InChI is InChI=1S/C17H33IO3/c1-3-4-5-9-12-16(2)20-14-11-8-6-7-10-13-17(19)21-15-18/h16H,3-15H2,1-2H3/t16-/m0/s1. The summed E-state index contributed by atoms with van der Waals surface area (Å²) in [5.41, 5.74) is 0. The number of hydrogen-bond acceptors (Lipinski definition) is 3. The summed E-state index contributed by atoms with van der Waals surface area (Å²) in [6, 6.07) is 0. The number of hydrogen-bond donors (Lipinski definition) is 0. The molecular weight excluding hydrogens is 379 g/mol. The Bertz CT molecular complexity index is 234. The van der Waals surface area contributed by atoms with E-state index in [2.05, 4.69) is 13.8 Å². The topological polar surface area (TPSA) is 35.5 Å². The maximum atomic E-state index is 11.1. The highest BCUT2D eigenvalue weighted by atomic mass is 127. The Morgan fingerprint density at radius 2 is 1.67 bits per heavy atom. The van der Waals surface area contributed by atoms with E-state index >= 15 is 0 Å². The lowest BCUT2D eigenvalue weighted by Crippen LogP contribution is -2.09. The summed E-state index contributed by atoms with van der Waals surface area (Å²) >= 11 is 2.05. The smallest absolute Gasteiger partial charge is 0.306 e. The Balaban J connectivity index is 3.19.